The molecule has 2 heterocycles. The monoisotopic (exact) mass is 214 g/mol. The fraction of sp³-hybridized carbons (Fsp3) is 0. The molecule has 7 nitrogen and oxygen atoms in total. The van der Waals surface area contributed by atoms with E-state index < -0.39 is 5.91 Å². The maximum atomic E-state index is 11.4. The fourth-order valence-electron chi connectivity index (χ4n) is 1.23. The van der Waals surface area contributed by atoms with Gasteiger partial charge in [0, 0.05) is 29.7 Å². The van der Waals surface area contributed by atoms with Crippen LogP contribution < -0.4 is 0 Å². The second kappa shape index (κ2) is 4.24. The van der Waals surface area contributed by atoms with Gasteiger partial charge in [0.05, 0.1) is 0 Å². The van der Waals surface area contributed by atoms with E-state index in [1.807, 2.05) is 0 Å². The van der Waals surface area contributed by atoms with Crippen molar-refractivity contribution in [1.82, 2.24) is 14.5 Å². The molecule has 2 aromatic rings. The number of rotatable bonds is 2. The summed E-state index contributed by atoms with van der Waals surface area (Å²) in [6, 6.07) is 3.58. The van der Waals surface area contributed by atoms with Crippen LogP contribution in [0.3, 0.4) is 0 Å². The lowest BCUT2D eigenvalue weighted by atomic mass is 10.4. The second-order valence-corrected chi connectivity index (χ2v) is 2.81. The molecular formula is C9H6N6O. The minimum absolute atomic E-state index is 0.0245. The van der Waals surface area contributed by atoms with E-state index in [1.165, 1.54) is 12.4 Å². The Kier molecular flexibility index (Phi) is 2.62. The molecule has 16 heavy (non-hydrogen) atoms. The molecule has 0 spiro atoms. The van der Waals surface area contributed by atoms with E-state index in [1.54, 1.807) is 29.1 Å². The minimum Gasteiger partial charge on any atom is -0.307 e. The van der Waals surface area contributed by atoms with E-state index in [4.69, 9.17) is 5.53 Å². The van der Waals surface area contributed by atoms with Crippen molar-refractivity contribution >= 4 is 5.91 Å². The van der Waals surface area contributed by atoms with Gasteiger partial charge in [0.25, 0.3) is 5.91 Å². The Bertz CT molecular complexity index is 555. The highest BCUT2D eigenvalue weighted by molar-refractivity contribution is 5.95. The molecule has 0 atom stereocenters. The van der Waals surface area contributed by atoms with E-state index in [0.717, 1.165) is 0 Å². The third kappa shape index (κ3) is 1.75. The highest BCUT2D eigenvalue weighted by atomic mass is 16.1. The first kappa shape index (κ1) is 9.88. The second-order valence-electron chi connectivity index (χ2n) is 2.81. The smallest absolute Gasteiger partial charge is 0.271 e. The number of aromatic nitrogens is 3. The van der Waals surface area contributed by atoms with Gasteiger partial charge in [-0.3, -0.25) is 4.79 Å². The molecule has 2 rings (SSSR count). The zero-order valence-electron chi connectivity index (χ0n) is 8.06. The van der Waals surface area contributed by atoms with Crippen LogP contribution in [0.15, 0.2) is 42.0 Å². The Labute approximate surface area is 90.0 Å². The van der Waals surface area contributed by atoms with E-state index in [2.05, 4.69) is 20.0 Å². The normalized spacial score (nSPS) is 9.50. The van der Waals surface area contributed by atoms with Crippen LogP contribution in [0.5, 0.6) is 0 Å². The molecule has 2 aromatic heterocycles. The van der Waals surface area contributed by atoms with Gasteiger partial charge >= 0.3 is 0 Å². The summed E-state index contributed by atoms with van der Waals surface area (Å²) in [5.74, 6) is -0.413. The predicted octanol–water partition coefficient (Wildman–Crippen LogP) is 1.72. The molecule has 1 amide bonds. The van der Waals surface area contributed by atoms with E-state index >= 15 is 0 Å². The van der Waals surface area contributed by atoms with Crippen LogP contribution in [-0.2, 0) is 0 Å². The molecule has 78 valence electrons. The predicted molar refractivity (Wildman–Crippen MR) is 54.8 cm³/mol. The number of azide groups is 1. The van der Waals surface area contributed by atoms with Crippen molar-refractivity contribution in [2.45, 2.75) is 0 Å². The van der Waals surface area contributed by atoms with Crippen molar-refractivity contribution < 1.29 is 4.79 Å². The zero-order valence-corrected chi connectivity index (χ0v) is 8.06. The van der Waals surface area contributed by atoms with Crippen molar-refractivity contribution in [2.75, 3.05) is 0 Å². The Hall–Kier alpha value is -2.66. The van der Waals surface area contributed by atoms with Gasteiger partial charge in [-0.1, -0.05) is 0 Å². The fourth-order valence-corrected chi connectivity index (χ4v) is 1.23. The van der Waals surface area contributed by atoms with Gasteiger partial charge in [0.1, 0.15) is 0 Å². The van der Waals surface area contributed by atoms with Crippen LogP contribution in [-0.4, -0.2) is 20.4 Å². The Morgan fingerprint density at radius 2 is 2.00 bits per heavy atom. The molecular weight excluding hydrogens is 208 g/mol. The molecule has 0 unspecified atom stereocenters. The summed E-state index contributed by atoms with van der Waals surface area (Å²) in [6.45, 7) is 0. The van der Waals surface area contributed by atoms with Gasteiger partial charge in [-0.15, -0.1) is 0 Å². The van der Waals surface area contributed by atoms with Crippen LogP contribution >= 0.6 is 0 Å². The first-order valence-electron chi connectivity index (χ1n) is 4.36. The van der Waals surface area contributed by atoms with Crippen LogP contribution in [0.2, 0.25) is 0 Å². The topological polar surface area (TPSA) is 96.5 Å². The summed E-state index contributed by atoms with van der Waals surface area (Å²) >= 11 is 0. The van der Waals surface area contributed by atoms with Crippen molar-refractivity contribution in [3.05, 3.63) is 53.1 Å². The van der Waals surface area contributed by atoms with Crippen LogP contribution in [0.4, 0.5) is 0 Å². The quantitative estimate of drug-likeness (QED) is 0.432. The Morgan fingerprint density at radius 3 is 2.69 bits per heavy atom. The molecule has 7 heteroatoms. The van der Waals surface area contributed by atoms with Gasteiger partial charge in [-0.2, -0.15) is 0 Å². The van der Waals surface area contributed by atoms with Gasteiger partial charge in [0.15, 0.2) is 11.5 Å². The van der Waals surface area contributed by atoms with Gasteiger partial charge in [-0.05, 0) is 22.8 Å². The first-order valence-corrected chi connectivity index (χ1v) is 4.36. The summed E-state index contributed by atoms with van der Waals surface area (Å²) in [5, 5.41) is 2.99. The summed E-state index contributed by atoms with van der Waals surface area (Å²) in [7, 11) is 0. The Balaban J connectivity index is 2.54. The highest BCUT2D eigenvalue weighted by Gasteiger charge is 2.13. The van der Waals surface area contributed by atoms with E-state index in [9.17, 15) is 4.79 Å². The number of hydrogen-bond donors (Lipinski definition) is 0. The lowest BCUT2D eigenvalue weighted by molar-refractivity contribution is 0.0995. The SMILES string of the molecule is [N-]=[N+]=NC(=O)c1nccnc1-n1cccc1. The molecule has 0 saturated carbocycles. The summed E-state index contributed by atoms with van der Waals surface area (Å²) in [5.41, 5.74) is 8.23. The lowest BCUT2D eigenvalue weighted by Crippen LogP contribution is -2.07. The lowest BCUT2D eigenvalue weighted by Gasteiger charge is -2.04. The largest absolute Gasteiger partial charge is 0.307 e. The van der Waals surface area contributed by atoms with Crippen molar-refractivity contribution in [3.63, 3.8) is 0 Å². The Morgan fingerprint density at radius 1 is 1.31 bits per heavy atom. The number of hydrogen-bond acceptors (Lipinski definition) is 3. The van der Waals surface area contributed by atoms with E-state index in [-0.39, 0.29) is 5.69 Å². The van der Waals surface area contributed by atoms with Gasteiger partial charge < -0.3 is 4.57 Å². The molecule has 0 fully saturated rings. The standard InChI is InChI=1S/C9H6N6O/c10-14-13-9(16)7-8(12-4-3-11-7)15-5-1-2-6-15/h1-6H. The highest BCUT2D eigenvalue weighted by Crippen LogP contribution is 2.10. The molecule has 0 saturated heterocycles. The number of amides is 1. The van der Waals surface area contributed by atoms with Crippen molar-refractivity contribution in [2.24, 2.45) is 5.11 Å². The minimum atomic E-state index is -0.751. The van der Waals surface area contributed by atoms with E-state index in [0.29, 0.717) is 5.82 Å². The molecule has 0 aliphatic carbocycles. The maximum absolute atomic E-state index is 11.4. The van der Waals surface area contributed by atoms with Crippen LogP contribution in [0.1, 0.15) is 10.5 Å². The molecule has 0 aliphatic heterocycles. The molecule has 0 aliphatic rings. The average molecular weight is 214 g/mol. The van der Waals surface area contributed by atoms with Crippen LogP contribution in [0.25, 0.3) is 16.3 Å². The van der Waals surface area contributed by atoms with Crippen molar-refractivity contribution in [3.8, 4) is 5.82 Å². The first-order chi connectivity index (χ1) is 7.83. The number of carbonyl (C=O) groups excluding carboxylic acids is 1. The zero-order chi connectivity index (χ0) is 11.4. The third-order valence-electron chi connectivity index (χ3n) is 1.87. The average Bonchev–Trinajstić information content (AvgIpc) is 2.83. The summed E-state index contributed by atoms with van der Waals surface area (Å²) in [6.07, 6.45) is 6.27. The molecule has 0 bridgehead atoms. The molecule has 0 aromatic carbocycles. The van der Waals surface area contributed by atoms with Gasteiger partial charge in [-0.25, -0.2) is 9.97 Å². The van der Waals surface area contributed by atoms with Crippen molar-refractivity contribution in [1.29, 1.82) is 0 Å². The van der Waals surface area contributed by atoms with Crippen LogP contribution in [0, 0.1) is 0 Å². The number of nitrogens with zero attached hydrogens (tertiary/aromatic N) is 6. The molecule has 0 N–H and O–H groups in total. The van der Waals surface area contributed by atoms with Gasteiger partial charge in [0.2, 0.25) is 0 Å². The maximum Gasteiger partial charge on any atom is 0.271 e. The third-order valence-corrected chi connectivity index (χ3v) is 1.87. The summed E-state index contributed by atoms with van der Waals surface area (Å²) in [4.78, 5) is 21.7. The molecule has 0 radical (unpaired) electrons. The summed E-state index contributed by atoms with van der Waals surface area (Å²) < 4.78 is 1.62. The number of carbonyl (C=O) groups is 1.